The third-order valence-corrected chi connectivity index (χ3v) is 5.85. The van der Waals surface area contributed by atoms with E-state index in [0.717, 1.165) is 35.6 Å². The van der Waals surface area contributed by atoms with Crippen LogP contribution in [-0.2, 0) is 4.79 Å². The molecule has 0 bridgehead atoms. The Bertz CT molecular complexity index is 854. The van der Waals surface area contributed by atoms with Crippen LogP contribution in [0.15, 0.2) is 66.4 Å². The number of nitrogens with one attached hydrogen (secondary N) is 1. The number of amides is 1. The molecule has 4 rings (SSSR count). The van der Waals surface area contributed by atoms with E-state index < -0.39 is 0 Å². The third-order valence-electron chi connectivity index (χ3n) is 4.91. The van der Waals surface area contributed by atoms with Crippen LogP contribution in [0.1, 0.15) is 29.3 Å². The van der Waals surface area contributed by atoms with Gasteiger partial charge in [-0.1, -0.05) is 36.4 Å². The summed E-state index contributed by atoms with van der Waals surface area (Å²) in [5.74, 6) is 0.894. The van der Waals surface area contributed by atoms with Crippen LogP contribution in [0.2, 0.25) is 0 Å². The van der Waals surface area contributed by atoms with Crippen molar-refractivity contribution in [3.63, 3.8) is 0 Å². The lowest BCUT2D eigenvalue weighted by Crippen LogP contribution is -2.44. The highest BCUT2D eigenvalue weighted by Crippen LogP contribution is 2.28. The molecule has 1 aromatic carbocycles. The van der Waals surface area contributed by atoms with Gasteiger partial charge in [0.25, 0.3) is 0 Å². The first kappa shape index (κ1) is 17.7. The maximum Gasteiger partial charge on any atom is 0.225 e. The quantitative estimate of drug-likeness (QED) is 0.736. The summed E-state index contributed by atoms with van der Waals surface area (Å²) >= 11 is 1.67. The SMILES string of the molecule is O=C(N[C@H](c1ccccc1)c1cccs1)[C@@H]1CCCN(c2cnccn2)C1. The molecule has 0 radical (unpaired) electrons. The minimum atomic E-state index is -0.106. The van der Waals surface area contributed by atoms with Gasteiger partial charge >= 0.3 is 0 Å². The Kier molecular flexibility index (Phi) is 5.44. The summed E-state index contributed by atoms with van der Waals surface area (Å²) in [5.41, 5.74) is 1.11. The van der Waals surface area contributed by atoms with E-state index in [4.69, 9.17) is 0 Å². The van der Waals surface area contributed by atoms with E-state index >= 15 is 0 Å². The van der Waals surface area contributed by atoms with Gasteiger partial charge in [0.15, 0.2) is 0 Å². The van der Waals surface area contributed by atoms with Crippen LogP contribution in [0.5, 0.6) is 0 Å². The number of rotatable bonds is 5. The summed E-state index contributed by atoms with van der Waals surface area (Å²) in [7, 11) is 0. The van der Waals surface area contributed by atoms with Gasteiger partial charge in [0.05, 0.1) is 18.2 Å². The Labute approximate surface area is 163 Å². The van der Waals surface area contributed by atoms with E-state index in [9.17, 15) is 4.79 Å². The van der Waals surface area contributed by atoms with Crippen molar-refractivity contribution >= 4 is 23.1 Å². The fourth-order valence-electron chi connectivity index (χ4n) is 3.53. The number of benzene rings is 1. The molecule has 1 saturated heterocycles. The number of piperidine rings is 1. The zero-order valence-corrected chi connectivity index (χ0v) is 15.8. The summed E-state index contributed by atoms with van der Waals surface area (Å²) in [4.78, 5) is 24.9. The highest BCUT2D eigenvalue weighted by Gasteiger charge is 2.29. The van der Waals surface area contributed by atoms with Gasteiger partial charge in [-0.05, 0) is 29.9 Å². The number of anilines is 1. The average molecular weight is 379 g/mol. The molecular weight excluding hydrogens is 356 g/mol. The minimum Gasteiger partial charge on any atom is -0.355 e. The smallest absolute Gasteiger partial charge is 0.225 e. The Morgan fingerprint density at radius 2 is 2.07 bits per heavy atom. The van der Waals surface area contributed by atoms with Gasteiger partial charge in [0, 0.05) is 30.4 Å². The summed E-state index contributed by atoms with van der Waals surface area (Å²) in [5, 5.41) is 5.34. The summed E-state index contributed by atoms with van der Waals surface area (Å²) in [6.07, 6.45) is 7.00. The van der Waals surface area contributed by atoms with E-state index in [-0.39, 0.29) is 17.9 Å². The molecule has 3 aromatic rings. The molecule has 0 unspecified atom stereocenters. The molecule has 1 N–H and O–H groups in total. The van der Waals surface area contributed by atoms with Crippen LogP contribution in [0.25, 0.3) is 0 Å². The number of carbonyl (C=O) groups excluding carboxylic acids is 1. The number of aromatic nitrogens is 2. The van der Waals surface area contributed by atoms with Crippen molar-refractivity contribution < 1.29 is 4.79 Å². The summed E-state index contributed by atoms with van der Waals surface area (Å²) in [6.45, 7) is 1.59. The molecule has 1 aliphatic heterocycles. The molecule has 1 aliphatic rings. The zero-order chi connectivity index (χ0) is 18.5. The zero-order valence-electron chi connectivity index (χ0n) is 15.0. The molecule has 0 spiro atoms. The Morgan fingerprint density at radius 3 is 2.81 bits per heavy atom. The largest absolute Gasteiger partial charge is 0.355 e. The second kappa shape index (κ2) is 8.31. The summed E-state index contributed by atoms with van der Waals surface area (Å²) in [6, 6.07) is 14.2. The van der Waals surface area contributed by atoms with Gasteiger partial charge in [-0.3, -0.25) is 9.78 Å². The van der Waals surface area contributed by atoms with Gasteiger partial charge < -0.3 is 10.2 Å². The number of nitrogens with zero attached hydrogens (tertiary/aromatic N) is 3. The predicted octanol–water partition coefficient (Wildman–Crippen LogP) is 3.66. The molecule has 1 amide bonds. The van der Waals surface area contributed by atoms with E-state index in [1.165, 1.54) is 0 Å². The van der Waals surface area contributed by atoms with Gasteiger partial charge in [0.2, 0.25) is 5.91 Å². The maximum atomic E-state index is 13.1. The van der Waals surface area contributed by atoms with Crippen LogP contribution in [0.3, 0.4) is 0 Å². The van der Waals surface area contributed by atoms with Crippen molar-refractivity contribution in [3.05, 3.63) is 76.9 Å². The van der Waals surface area contributed by atoms with Crippen LogP contribution in [0.4, 0.5) is 5.82 Å². The van der Waals surface area contributed by atoms with E-state index in [0.29, 0.717) is 6.54 Å². The van der Waals surface area contributed by atoms with Gasteiger partial charge in [-0.25, -0.2) is 4.98 Å². The molecule has 0 saturated carbocycles. The monoisotopic (exact) mass is 378 g/mol. The number of hydrogen-bond acceptors (Lipinski definition) is 5. The van der Waals surface area contributed by atoms with E-state index in [1.54, 1.807) is 29.9 Å². The van der Waals surface area contributed by atoms with Crippen molar-refractivity contribution in [1.82, 2.24) is 15.3 Å². The highest BCUT2D eigenvalue weighted by molar-refractivity contribution is 7.10. The van der Waals surface area contributed by atoms with Crippen molar-refractivity contribution in [2.45, 2.75) is 18.9 Å². The topological polar surface area (TPSA) is 58.1 Å². The minimum absolute atomic E-state index is 0.0491. The normalized spacial score (nSPS) is 18.1. The average Bonchev–Trinajstić information content (AvgIpc) is 3.28. The molecule has 27 heavy (non-hydrogen) atoms. The molecule has 1 fully saturated rings. The maximum absolute atomic E-state index is 13.1. The molecule has 0 aliphatic carbocycles. The number of carbonyl (C=O) groups is 1. The van der Waals surface area contributed by atoms with Crippen molar-refractivity contribution in [2.24, 2.45) is 5.92 Å². The highest BCUT2D eigenvalue weighted by atomic mass is 32.1. The number of hydrogen-bond donors (Lipinski definition) is 1. The predicted molar refractivity (Wildman–Crippen MR) is 108 cm³/mol. The fraction of sp³-hybridized carbons (Fsp3) is 0.286. The van der Waals surface area contributed by atoms with E-state index in [1.807, 2.05) is 29.6 Å². The second-order valence-electron chi connectivity index (χ2n) is 6.72. The lowest BCUT2D eigenvalue weighted by atomic mass is 9.96. The molecule has 5 nitrogen and oxygen atoms in total. The summed E-state index contributed by atoms with van der Waals surface area (Å²) < 4.78 is 0. The Morgan fingerprint density at radius 1 is 1.19 bits per heavy atom. The lowest BCUT2D eigenvalue weighted by molar-refractivity contribution is -0.125. The van der Waals surface area contributed by atoms with Crippen molar-refractivity contribution in [2.75, 3.05) is 18.0 Å². The Hall–Kier alpha value is -2.73. The second-order valence-corrected chi connectivity index (χ2v) is 7.70. The molecule has 3 heterocycles. The van der Waals surface area contributed by atoms with Crippen LogP contribution < -0.4 is 10.2 Å². The standard InChI is InChI=1S/C21H22N4OS/c26-21(17-8-4-12-25(15-17)19-14-22-10-11-23-19)24-20(18-9-5-13-27-18)16-6-2-1-3-7-16/h1-3,5-7,9-11,13-14,17,20H,4,8,12,15H2,(H,24,26)/t17-,20-/m1/s1. The van der Waals surface area contributed by atoms with E-state index in [2.05, 4.69) is 38.4 Å². The first-order chi connectivity index (χ1) is 13.3. The number of thiophene rings is 1. The fourth-order valence-corrected chi connectivity index (χ4v) is 4.34. The molecule has 2 atom stereocenters. The van der Waals surface area contributed by atoms with Crippen LogP contribution in [-0.4, -0.2) is 29.0 Å². The first-order valence-corrected chi connectivity index (χ1v) is 10.1. The van der Waals surface area contributed by atoms with Gasteiger partial charge in [-0.2, -0.15) is 0 Å². The Balaban J connectivity index is 1.49. The molecule has 6 heteroatoms. The van der Waals surface area contributed by atoms with Crippen LogP contribution >= 0.6 is 11.3 Å². The molecule has 138 valence electrons. The van der Waals surface area contributed by atoms with Crippen LogP contribution in [0, 0.1) is 5.92 Å². The van der Waals surface area contributed by atoms with Gasteiger partial charge in [0.1, 0.15) is 5.82 Å². The lowest BCUT2D eigenvalue weighted by Gasteiger charge is -2.33. The first-order valence-electron chi connectivity index (χ1n) is 9.21. The molecular formula is C21H22N4OS. The third kappa shape index (κ3) is 4.17. The molecule has 2 aromatic heterocycles. The van der Waals surface area contributed by atoms with Gasteiger partial charge in [-0.15, -0.1) is 11.3 Å². The van der Waals surface area contributed by atoms with Crippen molar-refractivity contribution in [1.29, 1.82) is 0 Å². The van der Waals surface area contributed by atoms with Crippen molar-refractivity contribution in [3.8, 4) is 0 Å².